The second-order valence-corrected chi connectivity index (χ2v) is 10.5. The third kappa shape index (κ3) is 11.5. The number of hydrogen-bond donors (Lipinski definition) is 0. The first kappa shape index (κ1) is 26.1. The zero-order chi connectivity index (χ0) is 21.3. The van der Waals surface area contributed by atoms with Crippen LogP contribution in [-0.2, 0) is 32.7 Å². The highest BCUT2D eigenvalue weighted by atomic mass is 31.2. The van der Waals surface area contributed by atoms with Gasteiger partial charge in [0.2, 0.25) is 0 Å². The summed E-state index contributed by atoms with van der Waals surface area (Å²) in [6, 6.07) is 0. The highest BCUT2D eigenvalue weighted by Crippen LogP contribution is 2.55. The maximum atomic E-state index is 13.1. The highest BCUT2D eigenvalue weighted by Gasteiger charge is 2.43. The lowest BCUT2D eigenvalue weighted by Gasteiger charge is -2.28. The molecule has 0 saturated carbocycles. The average Bonchev–Trinajstić information content (AvgIpc) is 2.43. The van der Waals surface area contributed by atoms with E-state index in [4.69, 9.17) is 18.5 Å². The van der Waals surface area contributed by atoms with E-state index in [9.17, 15) is 14.2 Å². The SMILES string of the molecule is CCOP(=O)(OCC)C(CCCCC(=O)OC(C)(C)C)C(=O)OC(C)(C)C. The quantitative estimate of drug-likeness (QED) is 0.274. The van der Waals surface area contributed by atoms with E-state index in [1.54, 1.807) is 34.6 Å². The predicted octanol–water partition coefficient (Wildman–Crippen LogP) is 4.86. The van der Waals surface area contributed by atoms with Gasteiger partial charge in [0.05, 0.1) is 13.2 Å². The van der Waals surface area contributed by atoms with E-state index in [0.717, 1.165) is 0 Å². The fraction of sp³-hybridized carbons (Fsp3) is 0.895. The van der Waals surface area contributed by atoms with Crippen molar-refractivity contribution in [1.82, 2.24) is 0 Å². The predicted molar refractivity (Wildman–Crippen MR) is 105 cm³/mol. The second kappa shape index (κ2) is 11.2. The van der Waals surface area contributed by atoms with E-state index in [2.05, 4.69) is 0 Å². The van der Waals surface area contributed by atoms with Crippen molar-refractivity contribution in [2.45, 2.75) is 97.9 Å². The molecule has 0 spiro atoms. The third-order valence-electron chi connectivity index (χ3n) is 3.21. The van der Waals surface area contributed by atoms with Crippen LogP contribution in [-0.4, -0.2) is 42.0 Å². The van der Waals surface area contributed by atoms with Gasteiger partial charge in [-0.25, -0.2) is 0 Å². The Morgan fingerprint density at radius 3 is 1.74 bits per heavy atom. The largest absolute Gasteiger partial charge is 0.460 e. The molecule has 0 aromatic carbocycles. The van der Waals surface area contributed by atoms with E-state index in [1.165, 1.54) is 0 Å². The van der Waals surface area contributed by atoms with E-state index < -0.39 is 30.4 Å². The molecule has 0 aliphatic rings. The maximum Gasteiger partial charge on any atom is 0.344 e. The minimum absolute atomic E-state index is 0.161. The average molecular weight is 408 g/mol. The Balaban J connectivity index is 5.03. The summed E-state index contributed by atoms with van der Waals surface area (Å²) < 4.78 is 34.5. The minimum Gasteiger partial charge on any atom is -0.460 e. The van der Waals surface area contributed by atoms with E-state index in [-0.39, 0.29) is 32.0 Å². The lowest BCUT2D eigenvalue weighted by atomic mass is 10.1. The smallest absolute Gasteiger partial charge is 0.344 e. The summed E-state index contributed by atoms with van der Waals surface area (Å²) in [7, 11) is -3.66. The molecular weight excluding hydrogens is 371 g/mol. The van der Waals surface area contributed by atoms with Gasteiger partial charge in [-0.3, -0.25) is 14.2 Å². The fourth-order valence-corrected chi connectivity index (χ4v) is 4.32. The first-order valence-corrected chi connectivity index (χ1v) is 11.2. The topological polar surface area (TPSA) is 88.1 Å². The molecule has 0 N–H and O–H groups in total. The number of hydrogen-bond acceptors (Lipinski definition) is 7. The van der Waals surface area contributed by atoms with Gasteiger partial charge in [-0.2, -0.15) is 0 Å². The molecule has 0 heterocycles. The lowest BCUT2D eigenvalue weighted by molar-refractivity contribution is -0.155. The van der Waals surface area contributed by atoms with Gasteiger partial charge in [0, 0.05) is 6.42 Å². The Morgan fingerprint density at radius 2 is 1.33 bits per heavy atom. The summed E-state index contributed by atoms with van der Waals surface area (Å²) in [6.45, 7) is 14.4. The number of unbranched alkanes of at least 4 members (excludes halogenated alkanes) is 1. The molecule has 0 aromatic heterocycles. The van der Waals surface area contributed by atoms with Crippen LogP contribution in [0.2, 0.25) is 0 Å². The molecule has 0 aliphatic carbocycles. The summed E-state index contributed by atoms with van der Waals surface area (Å²) in [4.78, 5) is 24.4. The van der Waals surface area contributed by atoms with Crippen molar-refractivity contribution in [3.63, 3.8) is 0 Å². The van der Waals surface area contributed by atoms with Crippen LogP contribution >= 0.6 is 7.60 Å². The highest BCUT2D eigenvalue weighted by molar-refractivity contribution is 7.55. The molecule has 1 atom stereocenters. The second-order valence-electron chi connectivity index (χ2n) is 8.26. The van der Waals surface area contributed by atoms with Crippen molar-refractivity contribution >= 4 is 19.5 Å². The molecule has 27 heavy (non-hydrogen) atoms. The summed E-state index contributed by atoms with van der Waals surface area (Å²) in [5.74, 6) is -0.904. The normalized spacial score (nSPS) is 13.9. The molecule has 0 fully saturated rings. The monoisotopic (exact) mass is 408 g/mol. The number of carbonyl (C=O) groups excluding carboxylic acids is 2. The summed E-state index contributed by atoms with van der Waals surface area (Å²) >= 11 is 0. The molecule has 8 heteroatoms. The van der Waals surface area contributed by atoms with Crippen molar-refractivity contribution in [2.75, 3.05) is 13.2 Å². The van der Waals surface area contributed by atoms with Gasteiger partial charge in [0.1, 0.15) is 11.2 Å². The standard InChI is InChI=1S/C19H37O7P/c1-9-23-27(22,24-10-2)15(17(21)26-19(6,7)8)13-11-12-14-16(20)25-18(3,4)5/h15H,9-14H2,1-8H3. The number of carbonyl (C=O) groups is 2. The van der Waals surface area contributed by atoms with Gasteiger partial charge < -0.3 is 18.5 Å². The summed E-state index contributed by atoms with van der Waals surface area (Å²) in [6.07, 6.45) is 1.47. The Kier molecular flexibility index (Phi) is 10.8. The van der Waals surface area contributed by atoms with Crippen LogP contribution in [0.25, 0.3) is 0 Å². The Labute approximate surface area is 164 Å². The lowest BCUT2D eigenvalue weighted by Crippen LogP contribution is -2.33. The van der Waals surface area contributed by atoms with Gasteiger partial charge in [-0.15, -0.1) is 0 Å². The number of rotatable bonds is 11. The van der Waals surface area contributed by atoms with Crippen LogP contribution in [0.3, 0.4) is 0 Å². The molecule has 160 valence electrons. The zero-order valence-corrected chi connectivity index (χ0v) is 19.0. The molecule has 0 aromatic rings. The van der Waals surface area contributed by atoms with E-state index in [1.807, 2.05) is 20.8 Å². The summed E-state index contributed by atoms with van der Waals surface area (Å²) in [5.41, 5.74) is -2.26. The molecule has 0 amide bonds. The van der Waals surface area contributed by atoms with Gasteiger partial charge >= 0.3 is 19.5 Å². The zero-order valence-electron chi connectivity index (χ0n) is 18.1. The third-order valence-corrected chi connectivity index (χ3v) is 5.68. The van der Waals surface area contributed by atoms with E-state index >= 15 is 0 Å². The number of ether oxygens (including phenoxy) is 2. The van der Waals surface area contributed by atoms with Gasteiger partial charge in [-0.05, 0) is 68.2 Å². The molecule has 0 saturated heterocycles. The first-order chi connectivity index (χ1) is 12.2. The van der Waals surface area contributed by atoms with Crippen molar-refractivity contribution in [3.8, 4) is 0 Å². The minimum atomic E-state index is -3.66. The molecule has 1 unspecified atom stereocenters. The maximum absolute atomic E-state index is 13.1. The van der Waals surface area contributed by atoms with Gasteiger partial charge in [0.15, 0.2) is 5.66 Å². The molecule has 0 aliphatic heterocycles. The Hall–Kier alpha value is -0.910. The van der Waals surface area contributed by atoms with Crippen molar-refractivity contribution < 1.29 is 32.7 Å². The number of esters is 2. The Bertz CT molecular complexity index is 507. The van der Waals surface area contributed by atoms with Crippen LogP contribution in [0, 0.1) is 0 Å². The van der Waals surface area contributed by atoms with Crippen molar-refractivity contribution in [3.05, 3.63) is 0 Å². The van der Waals surface area contributed by atoms with Crippen molar-refractivity contribution in [1.29, 1.82) is 0 Å². The molecule has 0 rings (SSSR count). The van der Waals surface area contributed by atoms with Crippen LogP contribution in [0.5, 0.6) is 0 Å². The Morgan fingerprint density at radius 1 is 0.852 bits per heavy atom. The fourth-order valence-electron chi connectivity index (χ4n) is 2.35. The van der Waals surface area contributed by atoms with Crippen LogP contribution in [0.4, 0.5) is 0 Å². The van der Waals surface area contributed by atoms with Crippen LogP contribution in [0.1, 0.15) is 81.1 Å². The molecule has 0 radical (unpaired) electrons. The van der Waals surface area contributed by atoms with Gasteiger partial charge in [0.25, 0.3) is 0 Å². The molecule has 7 nitrogen and oxygen atoms in total. The molecule has 0 bridgehead atoms. The molecular formula is C19H37O7P. The van der Waals surface area contributed by atoms with Crippen molar-refractivity contribution in [2.24, 2.45) is 0 Å². The van der Waals surface area contributed by atoms with Gasteiger partial charge in [-0.1, -0.05) is 6.42 Å². The van der Waals surface area contributed by atoms with Crippen LogP contribution in [0.15, 0.2) is 0 Å². The first-order valence-electron chi connectivity index (χ1n) is 9.57. The van der Waals surface area contributed by atoms with E-state index in [0.29, 0.717) is 12.8 Å². The van der Waals surface area contributed by atoms with Crippen LogP contribution < -0.4 is 0 Å². The summed E-state index contributed by atoms with van der Waals surface area (Å²) in [5, 5.41) is 0.